The molecule has 94 valence electrons. The van der Waals surface area contributed by atoms with E-state index in [-0.39, 0.29) is 5.82 Å². The van der Waals surface area contributed by atoms with Gasteiger partial charge in [0.2, 0.25) is 0 Å². The predicted molar refractivity (Wildman–Crippen MR) is 66.2 cm³/mol. The van der Waals surface area contributed by atoms with Crippen molar-refractivity contribution in [3.05, 3.63) is 59.2 Å². The zero-order chi connectivity index (χ0) is 13.1. The van der Waals surface area contributed by atoms with Crippen LogP contribution in [0, 0.1) is 12.7 Å². The van der Waals surface area contributed by atoms with E-state index in [1.165, 1.54) is 12.1 Å². The van der Waals surface area contributed by atoms with Gasteiger partial charge in [0, 0.05) is 18.4 Å². The second-order valence-corrected chi connectivity index (χ2v) is 4.19. The Bertz CT molecular complexity index is 558. The maximum atomic E-state index is 12.7. The Balaban J connectivity index is 2.06. The highest BCUT2D eigenvalue weighted by Gasteiger charge is 2.10. The molecule has 1 heterocycles. The fourth-order valence-corrected chi connectivity index (χ4v) is 1.92. The van der Waals surface area contributed by atoms with Crippen molar-refractivity contribution in [2.24, 2.45) is 0 Å². The van der Waals surface area contributed by atoms with Gasteiger partial charge in [-0.1, -0.05) is 12.1 Å². The lowest BCUT2D eigenvalue weighted by atomic mass is 10.1. The van der Waals surface area contributed by atoms with E-state index < -0.39 is 5.97 Å². The molecule has 3 nitrogen and oxygen atoms in total. The van der Waals surface area contributed by atoms with Gasteiger partial charge in [0.15, 0.2) is 0 Å². The summed E-state index contributed by atoms with van der Waals surface area (Å²) in [6.45, 7) is 2.47. The van der Waals surface area contributed by atoms with Gasteiger partial charge in [-0.3, -0.25) is 0 Å². The molecule has 0 bridgehead atoms. The molecule has 1 aromatic heterocycles. The number of benzene rings is 1. The summed E-state index contributed by atoms with van der Waals surface area (Å²) < 4.78 is 14.6. The summed E-state index contributed by atoms with van der Waals surface area (Å²) in [5.74, 6) is -1.16. The maximum absolute atomic E-state index is 12.7. The molecule has 0 atom stereocenters. The van der Waals surface area contributed by atoms with E-state index >= 15 is 0 Å². The van der Waals surface area contributed by atoms with Gasteiger partial charge < -0.3 is 9.67 Å². The standard InChI is InChI=1S/C14H14FNO2/c1-10-13(14(17)18)7-9-16(10)8-6-11-2-4-12(15)5-3-11/h2-5,7,9H,6,8H2,1H3,(H,17,18). The zero-order valence-corrected chi connectivity index (χ0v) is 10.1. The Morgan fingerprint density at radius 3 is 2.50 bits per heavy atom. The zero-order valence-electron chi connectivity index (χ0n) is 10.1. The number of halogens is 1. The van der Waals surface area contributed by atoms with Crippen LogP contribution in [-0.2, 0) is 13.0 Å². The molecule has 0 fully saturated rings. The largest absolute Gasteiger partial charge is 0.478 e. The molecule has 2 aromatic rings. The van der Waals surface area contributed by atoms with E-state index in [1.807, 2.05) is 4.57 Å². The Labute approximate surface area is 104 Å². The van der Waals surface area contributed by atoms with Crippen LogP contribution in [-0.4, -0.2) is 15.6 Å². The second-order valence-electron chi connectivity index (χ2n) is 4.19. The van der Waals surface area contributed by atoms with Crippen molar-refractivity contribution in [3.8, 4) is 0 Å². The van der Waals surface area contributed by atoms with Crippen molar-refractivity contribution in [2.45, 2.75) is 19.9 Å². The summed E-state index contributed by atoms with van der Waals surface area (Å²) in [7, 11) is 0. The average molecular weight is 247 g/mol. The van der Waals surface area contributed by atoms with Crippen molar-refractivity contribution in [1.29, 1.82) is 0 Å². The number of hydrogen-bond donors (Lipinski definition) is 1. The van der Waals surface area contributed by atoms with Crippen LogP contribution in [0.4, 0.5) is 4.39 Å². The first-order valence-corrected chi connectivity index (χ1v) is 5.71. The lowest BCUT2D eigenvalue weighted by Gasteiger charge is -2.06. The minimum Gasteiger partial charge on any atom is -0.478 e. The van der Waals surface area contributed by atoms with E-state index in [0.29, 0.717) is 12.1 Å². The molecular weight excluding hydrogens is 233 g/mol. The molecule has 4 heteroatoms. The summed E-state index contributed by atoms with van der Waals surface area (Å²) in [5.41, 5.74) is 2.10. The lowest BCUT2D eigenvalue weighted by molar-refractivity contribution is 0.0696. The summed E-state index contributed by atoms with van der Waals surface area (Å²) in [6.07, 6.45) is 2.51. The van der Waals surface area contributed by atoms with Crippen LogP contribution < -0.4 is 0 Å². The lowest BCUT2D eigenvalue weighted by Crippen LogP contribution is -2.05. The first-order valence-electron chi connectivity index (χ1n) is 5.71. The summed E-state index contributed by atoms with van der Waals surface area (Å²) in [4.78, 5) is 10.9. The monoisotopic (exact) mass is 247 g/mol. The number of hydrogen-bond acceptors (Lipinski definition) is 1. The SMILES string of the molecule is Cc1c(C(=O)O)ccn1CCc1ccc(F)cc1. The molecule has 1 N–H and O–H groups in total. The molecule has 0 radical (unpaired) electrons. The van der Waals surface area contributed by atoms with Gasteiger partial charge in [-0.05, 0) is 37.1 Å². The van der Waals surface area contributed by atoms with Gasteiger partial charge in [0.25, 0.3) is 0 Å². The fourth-order valence-electron chi connectivity index (χ4n) is 1.92. The fraction of sp³-hybridized carbons (Fsp3) is 0.214. The van der Waals surface area contributed by atoms with E-state index in [2.05, 4.69) is 0 Å². The quantitative estimate of drug-likeness (QED) is 0.902. The Kier molecular flexibility index (Phi) is 3.46. The van der Waals surface area contributed by atoms with Crippen LogP contribution >= 0.6 is 0 Å². The minimum atomic E-state index is -0.909. The van der Waals surface area contributed by atoms with Gasteiger partial charge in [0.05, 0.1) is 5.56 Å². The number of carbonyl (C=O) groups is 1. The van der Waals surface area contributed by atoms with E-state index in [9.17, 15) is 9.18 Å². The Hall–Kier alpha value is -2.10. The third-order valence-electron chi connectivity index (χ3n) is 3.03. The number of carboxylic acid groups (broad SMARTS) is 1. The highest BCUT2D eigenvalue weighted by molar-refractivity contribution is 5.88. The van der Waals surface area contributed by atoms with Crippen molar-refractivity contribution >= 4 is 5.97 Å². The van der Waals surface area contributed by atoms with E-state index in [4.69, 9.17) is 5.11 Å². The number of nitrogens with zero attached hydrogens (tertiary/aromatic N) is 1. The predicted octanol–water partition coefficient (Wildman–Crippen LogP) is 2.88. The summed E-state index contributed by atoms with van der Waals surface area (Å²) in [6, 6.07) is 7.95. The number of carboxylic acids is 1. The van der Waals surface area contributed by atoms with Crippen LogP contribution in [0.2, 0.25) is 0 Å². The first kappa shape index (κ1) is 12.4. The van der Waals surface area contributed by atoms with Crippen molar-refractivity contribution in [2.75, 3.05) is 0 Å². The molecule has 0 saturated heterocycles. The molecule has 0 aliphatic heterocycles. The highest BCUT2D eigenvalue weighted by atomic mass is 19.1. The number of aromatic carboxylic acids is 1. The molecule has 0 unspecified atom stereocenters. The van der Waals surface area contributed by atoms with Crippen molar-refractivity contribution in [3.63, 3.8) is 0 Å². The number of aromatic nitrogens is 1. The van der Waals surface area contributed by atoms with Gasteiger partial charge in [0.1, 0.15) is 5.82 Å². The Morgan fingerprint density at radius 2 is 1.94 bits per heavy atom. The van der Waals surface area contributed by atoms with Crippen LogP contribution in [0.3, 0.4) is 0 Å². The van der Waals surface area contributed by atoms with Crippen LogP contribution in [0.5, 0.6) is 0 Å². The summed E-state index contributed by atoms with van der Waals surface area (Å²) in [5, 5.41) is 8.94. The van der Waals surface area contributed by atoms with Gasteiger partial charge >= 0.3 is 5.97 Å². The van der Waals surface area contributed by atoms with Gasteiger partial charge in [-0.25, -0.2) is 9.18 Å². The maximum Gasteiger partial charge on any atom is 0.337 e. The molecular formula is C14H14FNO2. The first-order chi connectivity index (χ1) is 8.58. The number of aryl methyl sites for hydroxylation is 2. The van der Waals surface area contributed by atoms with Gasteiger partial charge in [-0.15, -0.1) is 0 Å². The minimum absolute atomic E-state index is 0.246. The molecule has 2 rings (SSSR count). The van der Waals surface area contributed by atoms with Crippen LogP contribution in [0.1, 0.15) is 21.6 Å². The smallest absolute Gasteiger partial charge is 0.337 e. The Morgan fingerprint density at radius 1 is 1.28 bits per heavy atom. The van der Waals surface area contributed by atoms with Crippen LogP contribution in [0.25, 0.3) is 0 Å². The van der Waals surface area contributed by atoms with E-state index in [1.54, 1.807) is 31.3 Å². The molecule has 18 heavy (non-hydrogen) atoms. The third kappa shape index (κ3) is 2.59. The van der Waals surface area contributed by atoms with Gasteiger partial charge in [-0.2, -0.15) is 0 Å². The number of rotatable bonds is 4. The normalized spacial score (nSPS) is 10.6. The van der Waals surface area contributed by atoms with Crippen LogP contribution in [0.15, 0.2) is 36.5 Å². The second kappa shape index (κ2) is 5.04. The molecule has 0 spiro atoms. The highest BCUT2D eigenvalue weighted by Crippen LogP contribution is 2.12. The van der Waals surface area contributed by atoms with E-state index in [0.717, 1.165) is 17.7 Å². The molecule has 1 aromatic carbocycles. The van der Waals surface area contributed by atoms with Crippen molar-refractivity contribution < 1.29 is 14.3 Å². The average Bonchev–Trinajstić information content (AvgIpc) is 2.70. The topological polar surface area (TPSA) is 42.2 Å². The molecule has 0 amide bonds. The molecule has 0 saturated carbocycles. The summed E-state index contributed by atoms with van der Waals surface area (Å²) >= 11 is 0. The molecule has 0 aliphatic rings. The van der Waals surface area contributed by atoms with Crippen molar-refractivity contribution in [1.82, 2.24) is 4.57 Å². The third-order valence-corrected chi connectivity index (χ3v) is 3.03. The molecule has 0 aliphatic carbocycles.